The van der Waals surface area contributed by atoms with E-state index in [9.17, 15) is 10.1 Å². The SMILES string of the molecule is CCn1cc(C(C)Nc2ccc(Cl)cc2[N+](=O)[O-])cn1. The van der Waals surface area contributed by atoms with E-state index in [0.717, 1.165) is 12.1 Å². The van der Waals surface area contributed by atoms with Crippen molar-refractivity contribution in [2.45, 2.75) is 26.4 Å². The van der Waals surface area contributed by atoms with Crippen LogP contribution in [-0.4, -0.2) is 14.7 Å². The lowest BCUT2D eigenvalue weighted by Gasteiger charge is -2.13. The Morgan fingerprint density at radius 1 is 1.55 bits per heavy atom. The summed E-state index contributed by atoms with van der Waals surface area (Å²) >= 11 is 5.79. The Morgan fingerprint density at radius 3 is 2.90 bits per heavy atom. The minimum absolute atomic E-state index is 0.0350. The van der Waals surface area contributed by atoms with Crippen molar-refractivity contribution in [2.24, 2.45) is 0 Å². The number of hydrogen-bond acceptors (Lipinski definition) is 4. The molecule has 2 rings (SSSR count). The highest BCUT2D eigenvalue weighted by atomic mass is 35.5. The van der Waals surface area contributed by atoms with Crippen LogP contribution in [0, 0.1) is 10.1 Å². The molecule has 20 heavy (non-hydrogen) atoms. The van der Waals surface area contributed by atoms with Crippen LogP contribution >= 0.6 is 11.6 Å². The van der Waals surface area contributed by atoms with Gasteiger partial charge in [-0.1, -0.05) is 11.6 Å². The predicted molar refractivity (Wildman–Crippen MR) is 78.0 cm³/mol. The summed E-state index contributed by atoms with van der Waals surface area (Å²) in [6.45, 7) is 4.71. The lowest BCUT2D eigenvalue weighted by molar-refractivity contribution is -0.384. The van der Waals surface area contributed by atoms with Gasteiger partial charge in [-0.15, -0.1) is 0 Å². The highest BCUT2D eigenvalue weighted by molar-refractivity contribution is 6.30. The van der Waals surface area contributed by atoms with Gasteiger partial charge >= 0.3 is 0 Å². The Kier molecular flexibility index (Phi) is 4.24. The molecule has 1 aromatic heterocycles. The number of nitro groups is 1. The molecule has 1 aromatic carbocycles. The maximum absolute atomic E-state index is 11.0. The molecule has 2 aromatic rings. The second-order valence-corrected chi connectivity index (χ2v) is 4.85. The van der Waals surface area contributed by atoms with Crippen LogP contribution in [0.25, 0.3) is 0 Å². The summed E-state index contributed by atoms with van der Waals surface area (Å²) in [7, 11) is 0. The molecule has 6 nitrogen and oxygen atoms in total. The van der Waals surface area contributed by atoms with E-state index >= 15 is 0 Å². The van der Waals surface area contributed by atoms with Crippen LogP contribution in [-0.2, 0) is 6.54 Å². The summed E-state index contributed by atoms with van der Waals surface area (Å²) in [4.78, 5) is 10.6. The van der Waals surface area contributed by atoms with Gasteiger partial charge in [-0.3, -0.25) is 14.8 Å². The lowest BCUT2D eigenvalue weighted by Crippen LogP contribution is -2.07. The number of aromatic nitrogens is 2. The van der Waals surface area contributed by atoms with Crippen molar-refractivity contribution >= 4 is 23.0 Å². The molecule has 0 spiro atoms. The van der Waals surface area contributed by atoms with Gasteiger partial charge in [-0.05, 0) is 26.0 Å². The number of benzene rings is 1. The number of halogens is 1. The number of hydrogen-bond donors (Lipinski definition) is 1. The van der Waals surface area contributed by atoms with Gasteiger partial charge in [-0.2, -0.15) is 5.10 Å². The maximum Gasteiger partial charge on any atom is 0.293 e. The molecule has 0 saturated carbocycles. The normalized spacial score (nSPS) is 12.2. The quantitative estimate of drug-likeness (QED) is 0.675. The summed E-state index contributed by atoms with van der Waals surface area (Å²) in [6, 6.07) is 4.49. The summed E-state index contributed by atoms with van der Waals surface area (Å²) in [5.41, 5.74) is 1.37. The lowest BCUT2D eigenvalue weighted by atomic mass is 10.1. The Hall–Kier alpha value is -2.08. The summed E-state index contributed by atoms with van der Waals surface area (Å²) < 4.78 is 1.81. The third-order valence-corrected chi connectivity index (χ3v) is 3.24. The van der Waals surface area contributed by atoms with Crippen LogP contribution in [0.5, 0.6) is 0 Å². The van der Waals surface area contributed by atoms with Gasteiger partial charge in [-0.25, -0.2) is 0 Å². The topological polar surface area (TPSA) is 73.0 Å². The van der Waals surface area contributed by atoms with E-state index in [2.05, 4.69) is 10.4 Å². The second-order valence-electron chi connectivity index (χ2n) is 4.41. The largest absolute Gasteiger partial charge is 0.373 e. The highest BCUT2D eigenvalue weighted by Crippen LogP contribution is 2.30. The van der Waals surface area contributed by atoms with Gasteiger partial charge in [0.1, 0.15) is 5.69 Å². The summed E-state index contributed by atoms with van der Waals surface area (Å²) in [5, 5.41) is 18.7. The van der Waals surface area contributed by atoms with E-state index in [1.165, 1.54) is 6.07 Å². The van der Waals surface area contributed by atoms with Crippen LogP contribution in [0.1, 0.15) is 25.5 Å². The number of aryl methyl sites for hydroxylation is 1. The van der Waals surface area contributed by atoms with Gasteiger partial charge < -0.3 is 5.32 Å². The Morgan fingerprint density at radius 2 is 2.30 bits per heavy atom. The Balaban J connectivity index is 2.23. The molecule has 0 amide bonds. The third-order valence-electron chi connectivity index (χ3n) is 3.01. The van der Waals surface area contributed by atoms with Gasteiger partial charge in [0.25, 0.3) is 5.69 Å². The average Bonchev–Trinajstić information content (AvgIpc) is 2.89. The van der Waals surface area contributed by atoms with E-state index in [4.69, 9.17) is 11.6 Å². The fourth-order valence-corrected chi connectivity index (χ4v) is 2.04. The molecule has 106 valence electrons. The molecule has 1 heterocycles. The van der Waals surface area contributed by atoms with E-state index in [-0.39, 0.29) is 11.7 Å². The first-order valence-corrected chi connectivity index (χ1v) is 6.62. The van der Waals surface area contributed by atoms with Crippen molar-refractivity contribution in [3.05, 3.63) is 51.3 Å². The molecule has 1 unspecified atom stereocenters. The first-order chi connectivity index (χ1) is 9.51. The summed E-state index contributed by atoms with van der Waals surface area (Å²) in [5.74, 6) is 0. The van der Waals surface area contributed by atoms with Crippen LogP contribution in [0.4, 0.5) is 11.4 Å². The molecule has 0 bridgehead atoms. The van der Waals surface area contributed by atoms with E-state index in [1.807, 2.05) is 24.7 Å². The van der Waals surface area contributed by atoms with Crippen molar-refractivity contribution in [3.63, 3.8) is 0 Å². The van der Waals surface area contributed by atoms with Crippen molar-refractivity contribution < 1.29 is 4.92 Å². The first-order valence-electron chi connectivity index (χ1n) is 6.24. The molecule has 0 saturated heterocycles. The van der Waals surface area contributed by atoms with Gasteiger partial charge in [0.2, 0.25) is 0 Å². The number of rotatable bonds is 5. The van der Waals surface area contributed by atoms with Gasteiger partial charge in [0, 0.05) is 29.4 Å². The molecule has 0 aliphatic carbocycles. The molecule has 0 radical (unpaired) electrons. The monoisotopic (exact) mass is 294 g/mol. The molecular formula is C13H15ClN4O2. The van der Waals surface area contributed by atoms with Crippen LogP contribution < -0.4 is 5.32 Å². The van der Waals surface area contributed by atoms with Crippen molar-refractivity contribution in [2.75, 3.05) is 5.32 Å². The van der Waals surface area contributed by atoms with E-state index in [0.29, 0.717) is 10.7 Å². The number of nitrogens with one attached hydrogen (secondary N) is 1. The van der Waals surface area contributed by atoms with Crippen LogP contribution in [0.15, 0.2) is 30.6 Å². The molecule has 0 fully saturated rings. The maximum atomic E-state index is 11.0. The van der Waals surface area contributed by atoms with Gasteiger partial charge in [0.05, 0.1) is 17.2 Å². The molecule has 0 aliphatic rings. The fraction of sp³-hybridized carbons (Fsp3) is 0.308. The molecule has 0 aliphatic heterocycles. The molecule has 7 heteroatoms. The van der Waals surface area contributed by atoms with E-state index in [1.54, 1.807) is 18.3 Å². The molecule has 1 N–H and O–H groups in total. The predicted octanol–water partition coefficient (Wildman–Crippen LogP) is 3.64. The summed E-state index contributed by atoms with van der Waals surface area (Å²) in [6.07, 6.45) is 3.67. The minimum Gasteiger partial charge on any atom is -0.373 e. The number of anilines is 1. The Bertz CT molecular complexity index is 627. The van der Waals surface area contributed by atoms with Crippen molar-refractivity contribution in [3.8, 4) is 0 Å². The zero-order valence-corrected chi connectivity index (χ0v) is 12.0. The fourth-order valence-electron chi connectivity index (χ4n) is 1.87. The van der Waals surface area contributed by atoms with Crippen LogP contribution in [0.2, 0.25) is 5.02 Å². The van der Waals surface area contributed by atoms with Crippen molar-refractivity contribution in [1.29, 1.82) is 0 Å². The zero-order chi connectivity index (χ0) is 14.7. The smallest absolute Gasteiger partial charge is 0.293 e. The number of nitrogens with zero attached hydrogens (tertiary/aromatic N) is 3. The van der Waals surface area contributed by atoms with E-state index < -0.39 is 4.92 Å². The van der Waals surface area contributed by atoms with Gasteiger partial charge in [0.15, 0.2) is 0 Å². The second kappa shape index (κ2) is 5.92. The highest BCUT2D eigenvalue weighted by Gasteiger charge is 2.17. The molecule has 1 atom stereocenters. The standard InChI is InChI=1S/C13H15ClN4O2/c1-3-17-8-10(7-15-17)9(2)16-12-5-4-11(14)6-13(12)18(19)20/h4-9,16H,3H2,1-2H3. The molecular weight excluding hydrogens is 280 g/mol. The van der Waals surface area contributed by atoms with Crippen molar-refractivity contribution in [1.82, 2.24) is 9.78 Å². The first kappa shape index (κ1) is 14.3. The third kappa shape index (κ3) is 3.08. The average molecular weight is 295 g/mol. The number of nitro benzene ring substituents is 1. The Labute approximate surface area is 121 Å². The van der Waals surface area contributed by atoms with Crippen LogP contribution in [0.3, 0.4) is 0 Å². The zero-order valence-electron chi connectivity index (χ0n) is 11.2. The minimum atomic E-state index is -0.448.